The molecule has 1 aliphatic carbocycles. The summed E-state index contributed by atoms with van der Waals surface area (Å²) in [4.78, 5) is 16.9. The van der Waals surface area contributed by atoms with Gasteiger partial charge in [0.05, 0.1) is 18.3 Å². The van der Waals surface area contributed by atoms with Crippen molar-refractivity contribution in [2.75, 3.05) is 7.11 Å². The molecule has 0 atom stereocenters. The van der Waals surface area contributed by atoms with Crippen molar-refractivity contribution in [3.8, 4) is 5.75 Å². The SMILES string of the molecule is COc1ccc2cc3c(nc2c1)CC(C)(C)CC3=O. The zero-order chi connectivity index (χ0) is 13.6. The summed E-state index contributed by atoms with van der Waals surface area (Å²) in [5.74, 6) is 0.998. The summed E-state index contributed by atoms with van der Waals surface area (Å²) in [5, 5.41) is 0.993. The average Bonchev–Trinajstić information content (AvgIpc) is 2.35. The van der Waals surface area contributed by atoms with Crippen molar-refractivity contribution in [3.05, 3.63) is 35.5 Å². The molecule has 1 aromatic heterocycles. The summed E-state index contributed by atoms with van der Waals surface area (Å²) >= 11 is 0. The van der Waals surface area contributed by atoms with E-state index in [9.17, 15) is 4.79 Å². The second kappa shape index (κ2) is 4.05. The molecule has 98 valence electrons. The zero-order valence-corrected chi connectivity index (χ0v) is 11.5. The van der Waals surface area contributed by atoms with Gasteiger partial charge in [-0.1, -0.05) is 13.8 Å². The summed E-state index contributed by atoms with van der Waals surface area (Å²) in [6.07, 6.45) is 1.45. The second-order valence-corrected chi connectivity index (χ2v) is 5.98. The molecule has 3 rings (SSSR count). The minimum atomic E-state index is 0.00360. The Morgan fingerprint density at radius 1 is 1.21 bits per heavy atom. The number of hydrogen-bond donors (Lipinski definition) is 0. The summed E-state index contributed by atoms with van der Waals surface area (Å²) < 4.78 is 5.22. The number of fused-ring (bicyclic) bond motifs is 2. The van der Waals surface area contributed by atoms with E-state index in [4.69, 9.17) is 4.74 Å². The lowest BCUT2D eigenvalue weighted by Gasteiger charge is -2.29. The van der Waals surface area contributed by atoms with E-state index < -0.39 is 0 Å². The van der Waals surface area contributed by atoms with Gasteiger partial charge in [0, 0.05) is 23.4 Å². The standard InChI is InChI=1S/C16H17NO2/c1-16(2)8-14-12(15(18)9-16)6-10-4-5-11(19-3)7-13(10)17-14/h4-7H,8-9H2,1-3H3. The van der Waals surface area contributed by atoms with Crippen LogP contribution in [0.2, 0.25) is 0 Å². The molecular formula is C16H17NO2. The van der Waals surface area contributed by atoms with Crippen molar-refractivity contribution < 1.29 is 9.53 Å². The summed E-state index contributed by atoms with van der Waals surface area (Å²) in [5.41, 5.74) is 2.60. The van der Waals surface area contributed by atoms with Crippen molar-refractivity contribution >= 4 is 16.7 Å². The van der Waals surface area contributed by atoms with Crippen LogP contribution in [-0.4, -0.2) is 17.9 Å². The molecule has 3 heteroatoms. The number of nitrogens with zero attached hydrogens (tertiary/aromatic N) is 1. The predicted molar refractivity (Wildman–Crippen MR) is 74.7 cm³/mol. The minimum absolute atomic E-state index is 0.00360. The molecular weight excluding hydrogens is 238 g/mol. The first-order chi connectivity index (χ1) is 8.98. The fourth-order valence-electron chi connectivity index (χ4n) is 2.74. The number of hydrogen-bond acceptors (Lipinski definition) is 3. The van der Waals surface area contributed by atoms with Crippen molar-refractivity contribution in [1.82, 2.24) is 4.98 Å². The third-order valence-electron chi connectivity index (χ3n) is 3.69. The molecule has 1 aliphatic rings. The van der Waals surface area contributed by atoms with Gasteiger partial charge in [-0.05, 0) is 30.0 Å². The number of rotatable bonds is 1. The first kappa shape index (κ1) is 12.2. The molecule has 1 aromatic carbocycles. The fraction of sp³-hybridized carbons (Fsp3) is 0.375. The molecule has 0 N–H and O–H groups in total. The van der Waals surface area contributed by atoms with E-state index in [0.29, 0.717) is 6.42 Å². The van der Waals surface area contributed by atoms with Crippen LogP contribution >= 0.6 is 0 Å². The molecule has 3 nitrogen and oxygen atoms in total. The fourth-order valence-corrected chi connectivity index (χ4v) is 2.74. The molecule has 2 aromatic rings. The topological polar surface area (TPSA) is 39.2 Å². The first-order valence-electron chi connectivity index (χ1n) is 6.49. The van der Waals surface area contributed by atoms with Gasteiger partial charge >= 0.3 is 0 Å². The van der Waals surface area contributed by atoms with Crippen molar-refractivity contribution in [1.29, 1.82) is 0 Å². The average molecular weight is 255 g/mol. The molecule has 0 unspecified atom stereocenters. The van der Waals surface area contributed by atoms with Gasteiger partial charge < -0.3 is 4.74 Å². The van der Waals surface area contributed by atoms with E-state index in [-0.39, 0.29) is 11.2 Å². The minimum Gasteiger partial charge on any atom is -0.497 e. The molecule has 0 saturated carbocycles. The smallest absolute Gasteiger partial charge is 0.165 e. The van der Waals surface area contributed by atoms with E-state index >= 15 is 0 Å². The molecule has 0 amide bonds. The molecule has 0 fully saturated rings. The van der Waals surface area contributed by atoms with Gasteiger partial charge in [-0.15, -0.1) is 0 Å². The number of pyridine rings is 1. The van der Waals surface area contributed by atoms with Crippen LogP contribution in [0.25, 0.3) is 10.9 Å². The van der Waals surface area contributed by atoms with E-state index in [1.807, 2.05) is 24.3 Å². The lowest BCUT2D eigenvalue weighted by atomic mass is 9.75. The molecule has 0 aliphatic heterocycles. The molecule has 19 heavy (non-hydrogen) atoms. The zero-order valence-electron chi connectivity index (χ0n) is 11.5. The quantitative estimate of drug-likeness (QED) is 0.784. The van der Waals surface area contributed by atoms with Crippen molar-refractivity contribution in [2.24, 2.45) is 5.41 Å². The predicted octanol–water partition coefficient (Wildman–Crippen LogP) is 3.40. The third kappa shape index (κ3) is 2.09. The maximum absolute atomic E-state index is 12.2. The van der Waals surface area contributed by atoms with Crippen LogP contribution < -0.4 is 4.74 Å². The monoisotopic (exact) mass is 255 g/mol. The number of benzene rings is 1. The highest BCUT2D eigenvalue weighted by Gasteiger charge is 2.32. The maximum Gasteiger partial charge on any atom is 0.165 e. The Labute approximate surface area is 112 Å². The van der Waals surface area contributed by atoms with Gasteiger partial charge in [0.15, 0.2) is 5.78 Å². The number of Topliss-reactive ketones (excluding diaryl/α,β-unsaturated/α-hetero) is 1. The van der Waals surface area contributed by atoms with Crippen molar-refractivity contribution in [2.45, 2.75) is 26.7 Å². The van der Waals surface area contributed by atoms with Gasteiger partial charge in [-0.2, -0.15) is 0 Å². The van der Waals surface area contributed by atoms with Crippen LogP contribution in [-0.2, 0) is 6.42 Å². The highest BCUT2D eigenvalue weighted by atomic mass is 16.5. The van der Waals surface area contributed by atoms with E-state index in [2.05, 4.69) is 18.8 Å². The van der Waals surface area contributed by atoms with E-state index in [1.54, 1.807) is 7.11 Å². The Morgan fingerprint density at radius 2 is 2.00 bits per heavy atom. The largest absolute Gasteiger partial charge is 0.497 e. The lowest BCUT2D eigenvalue weighted by Crippen LogP contribution is -2.27. The normalized spacial score (nSPS) is 17.3. The van der Waals surface area contributed by atoms with Crippen LogP contribution in [0.5, 0.6) is 5.75 Å². The number of ether oxygens (including phenoxy) is 1. The Morgan fingerprint density at radius 3 is 2.74 bits per heavy atom. The number of carbonyl (C=O) groups is 1. The Bertz CT molecular complexity index is 674. The van der Waals surface area contributed by atoms with E-state index in [1.165, 1.54) is 0 Å². The Balaban J connectivity index is 2.20. The number of ketones is 1. The number of aromatic nitrogens is 1. The van der Waals surface area contributed by atoms with Gasteiger partial charge in [-0.3, -0.25) is 9.78 Å². The van der Waals surface area contributed by atoms with Crippen LogP contribution in [0.1, 0.15) is 36.3 Å². The molecule has 0 saturated heterocycles. The summed E-state index contributed by atoms with van der Waals surface area (Å²) in [6.45, 7) is 4.23. The molecule has 0 radical (unpaired) electrons. The third-order valence-corrected chi connectivity index (χ3v) is 3.69. The van der Waals surface area contributed by atoms with Crippen LogP contribution in [0.15, 0.2) is 24.3 Å². The van der Waals surface area contributed by atoms with Gasteiger partial charge in [0.25, 0.3) is 0 Å². The van der Waals surface area contributed by atoms with Gasteiger partial charge in [-0.25, -0.2) is 0 Å². The van der Waals surface area contributed by atoms with Crippen LogP contribution in [0.3, 0.4) is 0 Å². The van der Waals surface area contributed by atoms with Gasteiger partial charge in [0.1, 0.15) is 5.75 Å². The summed E-state index contributed by atoms with van der Waals surface area (Å²) in [6, 6.07) is 7.73. The lowest BCUT2D eigenvalue weighted by molar-refractivity contribution is 0.0910. The highest BCUT2D eigenvalue weighted by molar-refractivity contribution is 6.01. The first-order valence-corrected chi connectivity index (χ1v) is 6.49. The van der Waals surface area contributed by atoms with E-state index in [0.717, 1.165) is 34.3 Å². The van der Waals surface area contributed by atoms with Crippen LogP contribution in [0, 0.1) is 5.41 Å². The second-order valence-electron chi connectivity index (χ2n) is 5.98. The molecule has 0 bridgehead atoms. The Kier molecular flexibility index (Phi) is 2.59. The highest BCUT2D eigenvalue weighted by Crippen LogP contribution is 2.35. The van der Waals surface area contributed by atoms with Crippen LogP contribution in [0.4, 0.5) is 0 Å². The van der Waals surface area contributed by atoms with Crippen molar-refractivity contribution in [3.63, 3.8) is 0 Å². The number of methoxy groups -OCH3 is 1. The number of carbonyl (C=O) groups excluding carboxylic acids is 1. The summed E-state index contributed by atoms with van der Waals surface area (Å²) in [7, 11) is 1.65. The maximum atomic E-state index is 12.2. The van der Waals surface area contributed by atoms with Gasteiger partial charge in [0.2, 0.25) is 0 Å². The Hall–Kier alpha value is -1.90. The molecule has 1 heterocycles. The molecule has 0 spiro atoms.